The SMILES string of the molecule is N[C@@H]1CCCN([C@@H]2CCS(=O)(=O)C2)C1. The van der Waals surface area contributed by atoms with Crippen molar-refractivity contribution in [3.63, 3.8) is 0 Å². The van der Waals surface area contributed by atoms with Crippen LogP contribution in [-0.2, 0) is 9.84 Å². The summed E-state index contributed by atoms with van der Waals surface area (Å²) in [5.74, 6) is 0.711. The Morgan fingerprint density at radius 1 is 1.29 bits per heavy atom. The number of rotatable bonds is 1. The van der Waals surface area contributed by atoms with Gasteiger partial charge in [0.15, 0.2) is 9.84 Å². The molecular weight excluding hydrogens is 200 g/mol. The first kappa shape index (κ1) is 10.4. The van der Waals surface area contributed by atoms with E-state index in [0.29, 0.717) is 11.5 Å². The second-order valence-electron chi connectivity index (χ2n) is 4.45. The Hall–Kier alpha value is -0.130. The molecule has 82 valence electrons. The van der Waals surface area contributed by atoms with Crippen LogP contribution >= 0.6 is 0 Å². The van der Waals surface area contributed by atoms with Crippen molar-refractivity contribution in [2.24, 2.45) is 5.73 Å². The molecule has 14 heavy (non-hydrogen) atoms. The zero-order valence-electron chi connectivity index (χ0n) is 8.35. The highest BCUT2D eigenvalue weighted by atomic mass is 32.2. The van der Waals surface area contributed by atoms with E-state index < -0.39 is 9.84 Å². The van der Waals surface area contributed by atoms with E-state index in [4.69, 9.17) is 5.73 Å². The van der Waals surface area contributed by atoms with E-state index >= 15 is 0 Å². The molecule has 2 aliphatic rings. The first-order valence-electron chi connectivity index (χ1n) is 5.27. The zero-order chi connectivity index (χ0) is 10.2. The average Bonchev–Trinajstić information content (AvgIpc) is 2.46. The molecule has 2 atom stereocenters. The number of hydrogen-bond donors (Lipinski definition) is 1. The van der Waals surface area contributed by atoms with E-state index in [-0.39, 0.29) is 12.1 Å². The second kappa shape index (κ2) is 3.79. The molecule has 5 heteroatoms. The van der Waals surface area contributed by atoms with Crippen molar-refractivity contribution >= 4 is 9.84 Å². The summed E-state index contributed by atoms with van der Waals surface area (Å²) >= 11 is 0. The molecular formula is C9H18N2O2S. The third-order valence-electron chi connectivity index (χ3n) is 3.21. The highest BCUT2D eigenvalue weighted by Crippen LogP contribution is 2.21. The van der Waals surface area contributed by atoms with Gasteiger partial charge in [0, 0.05) is 18.6 Å². The number of nitrogens with zero attached hydrogens (tertiary/aromatic N) is 1. The van der Waals surface area contributed by atoms with Gasteiger partial charge < -0.3 is 5.73 Å². The maximum Gasteiger partial charge on any atom is 0.151 e. The predicted octanol–water partition coefficient (Wildman–Crippen LogP) is -0.403. The Labute approximate surface area is 85.4 Å². The number of likely N-dealkylation sites (tertiary alicyclic amines) is 1. The molecule has 0 bridgehead atoms. The normalized spacial score (nSPS) is 38.6. The van der Waals surface area contributed by atoms with E-state index in [2.05, 4.69) is 4.90 Å². The molecule has 0 aromatic heterocycles. The van der Waals surface area contributed by atoms with Gasteiger partial charge in [-0.25, -0.2) is 8.42 Å². The predicted molar refractivity (Wildman–Crippen MR) is 55.8 cm³/mol. The summed E-state index contributed by atoms with van der Waals surface area (Å²) in [6.45, 7) is 1.90. The second-order valence-corrected chi connectivity index (χ2v) is 6.68. The minimum Gasteiger partial charge on any atom is -0.327 e. The van der Waals surface area contributed by atoms with Crippen LogP contribution in [0.15, 0.2) is 0 Å². The van der Waals surface area contributed by atoms with Gasteiger partial charge in [0.1, 0.15) is 0 Å². The van der Waals surface area contributed by atoms with E-state index in [1.807, 2.05) is 0 Å². The quantitative estimate of drug-likeness (QED) is 0.650. The summed E-state index contributed by atoms with van der Waals surface area (Å²) in [6, 6.07) is 0.485. The minimum atomic E-state index is -2.74. The maximum absolute atomic E-state index is 11.3. The molecule has 0 aromatic carbocycles. The van der Waals surface area contributed by atoms with Gasteiger partial charge in [0.25, 0.3) is 0 Å². The summed E-state index contributed by atoms with van der Waals surface area (Å²) in [7, 11) is -2.74. The van der Waals surface area contributed by atoms with Crippen LogP contribution in [0, 0.1) is 0 Å². The Balaban J connectivity index is 1.96. The van der Waals surface area contributed by atoms with Gasteiger partial charge in [0.05, 0.1) is 11.5 Å². The summed E-state index contributed by atoms with van der Waals surface area (Å²) < 4.78 is 22.6. The lowest BCUT2D eigenvalue weighted by molar-refractivity contribution is 0.162. The Morgan fingerprint density at radius 3 is 2.64 bits per heavy atom. The fourth-order valence-corrected chi connectivity index (χ4v) is 4.20. The Kier molecular flexibility index (Phi) is 2.81. The molecule has 0 aliphatic carbocycles. The third kappa shape index (κ3) is 2.27. The van der Waals surface area contributed by atoms with Crippen molar-refractivity contribution in [3.05, 3.63) is 0 Å². The van der Waals surface area contributed by atoms with Crippen molar-refractivity contribution in [2.45, 2.75) is 31.3 Å². The third-order valence-corrected chi connectivity index (χ3v) is 4.96. The molecule has 0 amide bonds. The molecule has 0 saturated carbocycles. The zero-order valence-corrected chi connectivity index (χ0v) is 9.17. The maximum atomic E-state index is 11.3. The van der Waals surface area contributed by atoms with Crippen LogP contribution in [0.1, 0.15) is 19.3 Å². The number of sulfone groups is 1. The minimum absolute atomic E-state index is 0.242. The van der Waals surface area contributed by atoms with Crippen LogP contribution in [0.25, 0.3) is 0 Å². The molecule has 2 rings (SSSR count). The van der Waals surface area contributed by atoms with E-state index in [1.165, 1.54) is 0 Å². The van der Waals surface area contributed by atoms with E-state index in [0.717, 1.165) is 32.4 Å². The average molecular weight is 218 g/mol. The van der Waals surface area contributed by atoms with Crippen LogP contribution in [0.3, 0.4) is 0 Å². The molecule has 2 saturated heterocycles. The van der Waals surface area contributed by atoms with Crippen LogP contribution in [0.5, 0.6) is 0 Å². The fraction of sp³-hybridized carbons (Fsp3) is 1.00. The van der Waals surface area contributed by atoms with Crippen molar-refractivity contribution in [1.82, 2.24) is 4.90 Å². The van der Waals surface area contributed by atoms with Gasteiger partial charge in [0.2, 0.25) is 0 Å². The lowest BCUT2D eigenvalue weighted by Gasteiger charge is -2.34. The lowest BCUT2D eigenvalue weighted by atomic mass is 10.0. The number of nitrogens with two attached hydrogens (primary N) is 1. The van der Waals surface area contributed by atoms with Gasteiger partial charge in [-0.1, -0.05) is 0 Å². The van der Waals surface area contributed by atoms with E-state index in [1.54, 1.807) is 0 Å². The van der Waals surface area contributed by atoms with Gasteiger partial charge in [-0.15, -0.1) is 0 Å². The highest BCUT2D eigenvalue weighted by molar-refractivity contribution is 7.91. The largest absolute Gasteiger partial charge is 0.327 e. The molecule has 0 radical (unpaired) electrons. The van der Waals surface area contributed by atoms with Gasteiger partial charge >= 0.3 is 0 Å². The van der Waals surface area contributed by atoms with Gasteiger partial charge in [-0.05, 0) is 25.8 Å². The van der Waals surface area contributed by atoms with Crippen LogP contribution in [0.4, 0.5) is 0 Å². The lowest BCUT2D eigenvalue weighted by Crippen LogP contribution is -2.48. The fourth-order valence-electron chi connectivity index (χ4n) is 2.44. The summed E-state index contributed by atoms with van der Waals surface area (Å²) in [6.07, 6.45) is 2.99. The molecule has 0 aromatic rings. The monoisotopic (exact) mass is 218 g/mol. The van der Waals surface area contributed by atoms with Crippen LogP contribution in [0.2, 0.25) is 0 Å². The van der Waals surface area contributed by atoms with Crippen molar-refractivity contribution in [3.8, 4) is 0 Å². The smallest absolute Gasteiger partial charge is 0.151 e. The Bertz CT molecular complexity index is 302. The molecule has 4 nitrogen and oxygen atoms in total. The van der Waals surface area contributed by atoms with Crippen molar-refractivity contribution in [2.75, 3.05) is 24.6 Å². The summed E-state index contributed by atoms with van der Waals surface area (Å²) in [5.41, 5.74) is 5.87. The van der Waals surface area contributed by atoms with Crippen molar-refractivity contribution < 1.29 is 8.42 Å². The first-order valence-corrected chi connectivity index (χ1v) is 7.09. The van der Waals surface area contributed by atoms with Crippen LogP contribution < -0.4 is 5.73 Å². The van der Waals surface area contributed by atoms with Crippen LogP contribution in [-0.4, -0.2) is 50.0 Å². The number of hydrogen-bond acceptors (Lipinski definition) is 4. The number of piperidine rings is 1. The summed E-state index contributed by atoms with van der Waals surface area (Å²) in [5, 5.41) is 0. The molecule has 0 spiro atoms. The standard InChI is InChI=1S/C9H18N2O2S/c10-8-2-1-4-11(6-8)9-3-5-14(12,13)7-9/h8-9H,1-7,10H2/t8-,9-/m1/s1. The molecule has 2 heterocycles. The van der Waals surface area contributed by atoms with E-state index in [9.17, 15) is 8.42 Å². The Morgan fingerprint density at radius 2 is 2.07 bits per heavy atom. The topological polar surface area (TPSA) is 63.4 Å². The summed E-state index contributed by atoms with van der Waals surface area (Å²) in [4.78, 5) is 2.26. The molecule has 2 aliphatic heterocycles. The molecule has 2 fully saturated rings. The van der Waals surface area contributed by atoms with Gasteiger partial charge in [-0.3, -0.25) is 4.90 Å². The molecule has 2 N–H and O–H groups in total. The first-order chi connectivity index (χ1) is 6.57. The van der Waals surface area contributed by atoms with Gasteiger partial charge in [-0.2, -0.15) is 0 Å². The highest BCUT2D eigenvalue weighted by Gasteiger charge is 2.33. The molecule has 0 unspecified atom stereocenters. The van der Waals surface area contributed by atoms with Crippen molar-refractivity contribution in [1.29, 1.82) is 0 Å².